The number of piperidine rings is 1. The molecule has 0 aromatic heterocycles. The summed E-state index contributed by atoms with van der Waals surface area (Å²) in [5.74, 6) is 0. The Morgan fingerprint density at radius 1 is 1.10 bits per heavy atom. The first-order chi connectivity index (χ1) is 10.3. The van der Waals surface area contributed by atoms with Gasteiger partial charge in [-0.3, -0.25) is 4.99 Å². The van der Waals surface area contributed by atoms with E-state index < -0.39 is 0 Å². The molecule has 4 heteroatoms. The molecule has 21 heavy (non-hydrogen) atoms. The number of methoxy groups -OCH3 is 1. The van der Waals surface area contributed by atoms with Crippen LogP contribution in [0, 0.1) is 0 Å². The summed E-state index contributed by atoms with van der Waals surface area (Å²) in [4.78, 5) is 16.1. The molecule has 1 aliphatic heterocycles. The molecule has 0 aromatic carbocycles. The fraction of sp³-hybridized carbons (Fsp3) is 0.647. The predicted molar refractivity (Wildman–Crippen MR) is 94.0 cm³/mol. The van der Waals surface area contributed by atoms with Crippen molar-refractivity contribution < 1.29 is 9.53 Å². The Morgan fingerprint density at radius 3 is 2.00 bits per heavy atom. The summed E-state index contributed by atoms with van der Waals surface area (Å²) in [5.41, 5.74) is 0. The van der Waals surface area contributed by atoms with Crippen molar-refractivity contribution in [3.05, 3.63) is 24.4 Å². The van der Waals surface area contributed by atoms with Gasteiger partial charge in [-0.05, 0) is 39.0 Å². The molecule has 0 N–H and O–H groups in total. The molecule has 1 rings (SSSR count). The largest absolute Gasteiger partial charge is 0.453 e. The topological polar surface area (TPSA) is 41.9 Å². The first-order valence-corrected chi connectivity index (χ1v) is 7.82. The van der Waals surface area contributed by atoms with E-state index in [0.717, 1.165) is 25.9 Å². The van der Waals surface area contributed by atoms with Crippen LogP contribution in [0.3, 0.4) is 0 Å². The fourth-order valence-corrected chi connectivity index (χ4v) is 1.43. The molecule has 0 radical (unpaired) electrons. The second-order valence-corrected chi connectivity index (χ2v) is 3.57. The third-order valence-corrected chi connectivity index (χ3v) is 2.28. The predicted octanol–water partition coefficient (Wildman–Crippen LogP) is 5.07. The highest BCUT2D eigenvalue weighted by Crippen LogP contribution is 2.08. The summed E-state index contributed by atoms with van der Waals surface area (Å²) in [6.45, 7) is 14.9. The zero-order valence-corrected chi connectivity index (χ0v) is 14.8. The van der Waals surface area contributed by atoms with Gasteiger partial charge in [0.25, 0.3) is 0 Å². The Kier molecular flexibility index (Phi) is 27.4. The molecule has 0 aliphatic carbocycles. The van der Waals surface area contributed by atoms with Gasteiger partial charge in [0.15, 0.2) is 0 Å². The standard InChI is InChI=1S/C7H13NO2.C6H9N.2C2H6/c1-10-7(9)8-5-3-2-4-6-8;1-3-4-5-6-7-2;2*1-2/h2-6H2,1H3;3-6H,2H2,1H3;2*1-2H3/b;4-3-,6-5-;;. The van der Waals surface area contributed by atoms with E-state index in [-0.39, 0.29) is 6.09 Å². The lowest BCUT2D eigenvalue weighted by atomic mass is 10.1. The van der Waals surface area contributed by atoms with Gasteiger partial charge >= 0.3 is 6.09 Å². The van der Waals surface area contributed by atoms with Crippen LogP contribution in [0.15, 0.2) is 29.4 Å². The van der Waals surface area contributed by atoms with Crippen LogP contribution in [-0.2, 0) is 4.74 Å². The van der Waals surface area contributed by atoms with E-state index in [0.29, 0.717) is 0 Å². The number of hydrogen-bond acceptors (Lipinski definition) is 3. The lowest BCUT2D eigenvalue weighted by Crippen LogP contribution is -2.35. The van der Waals surface area contributed by atoms with E-state index >= 15 is 0 Å². The first kappa shape index (κ1) is 24.4. The van der Waals surface area contributed by atoms with E-state index in [1.807, 2.05) is 52.8 Å². The summed E-state index contributed by atoms with van der Waals surface area (Å²) < 4.78 is 4.58. The van der Waals surface area contributed by atoms with Gasteiger partial charge in [0, 0.05) is 19.3 Å². The van der Waals surface area contributed by atoms with Crippen LogP contribution in [0.4, 0.5) is 4.79 Å². The van der Waals surface area contributed by atoms with Crippen molar-refractivity contribution in [3.8, 4) is 0 Å². The Morgan fingerprint density at radius 2 is 1.62 bits per heavy atom. The molecule has 0 bridgehead atoms. The smallest absolute Gasteiger partial charge is 0.409 e. The first-order valence-electron chi connectivity index (χ1n) is 7.82. The van der Waals surface area contributed by atoms with Crippen molar-refractivity contribution in [1.29, 1.82) is 0 Å². The average Bonchev–Trinajstić information content (AvgIpc) is 2.59. The minimum Gasteiger partial charge on any atom is -0.453 e. The van der Waals surface area contributed by atoms with Crippen molar-refractivity contribution >= 4 is 12.8 Å². The molecule has 1 amide bonds. The molecule has 1 saturated heterocycles. The number of amides is 1. The normalized spacial score (nSPS) is 13.1. The van der Waals surface area contributed by atoms with E-state index in [4.69, 9.17) is 0 Å². The van der Waals surface area contributed by atoms with Crippen LogP contribution in [-0.4, -0.2) is 37.9 Å². The summed E-state index contributed by atoms with van der Waals surface area (Å²) in [6.07, 6.45) is 10.6. The van der Waals surface area contributed by atoms with Gasteiger partial charge in [0.05, 0.1) is 7.11 Å². The molecule has 1 fully saturated rings. The Hall–Kier alpha value is -1.58. The van der Waals surface area contributed by atoms with Crippen LogP contribution < -0.4 is 0 Å². The SMILES string of the molecule is C=N/C=C\C=C/C.CC.CC.COC(=O)N1CCCCC1. The third kappa shape index (κ3) is 18.4. The summed E-state index contributed by atoms with van der Waals surface area (Å²) in [7, 11) is 1.43. The van der Waals surface area contributed by atoms with Gasteiger partial charge in [0.1, 0.15) is 0 Å². The van der Waals surface area contributed by atoms with Gasteiger partial charge in [-0.15, -0.1) is 0 Å². The minimum atomic E-state index is -0.181. The van der Waals surface area contributed by atoms with E-state index in [1.165, 1.54) is 13.5 Å². The molecule has 0 aromatic rings. The maximum atomic E-state index is 10.9. The van der Waals surface area contributed by atoms with Gasteiger partial charge in [0.2, 0.25) is 0 Å². The lowest BCUT2D eigenvalue weighted by molar-refractivity contribution is 0.115. The molecule has 1 aliphatic rings. The van der Waals surface area contributed by atoms with Crippen LogP contribution >= 0.6 is 0 Å². The second-order valence-electron chi connectivity index (χ2n) is 3.57. The number of allylic oxidation sites excluding steroid dienone is 3. The number of hydrogen-bond donors (Lipinski definition) is 0. The molecular weight excluding hydrogens is 264 g/mol. The summed E-state index contributed by atoms with van der Waals surface area (Å²) in [6, 6.07) is 0. The van der Waals surface area contributed by atoms with Crippen LogP contribution in [0.25, 0.3) is 0 Å². The van der Waals surface area contributed by atoms with Crippen LogP contribution in [0.5, 0.6) is 0 Å². The van der Waals surface area contributed by atoms with Crippen molar-refractivity contribution in [2.45, 2.75) is 53.9 Å². The number of ether oxygens (including phenoxy) is 1. The van der Waals surface area contributed by atoms with Crippen LogP contribution in [0.2, 0.25) is 0 Å². The van der Waals surface area contributed by atoms with Crippen molar-refractivity contribution in [3.63, 3.8) is 0 Å². The number of nitrogens with zero attached hydrogens (tertiary/aromatic N) is 2. The fourth-order valence-electron chi connectivity index (χ4n) is 1.43. The number of carbonyl (C=O) groups is 1. The summed E-state index contributed by atoms with van der Waals surface area (Å²) in [5, 5.41) is 0. The van der Waals surface area contributed by atoms with Gasteiger partial charge in [-0.2, -0.15) is 0 Å². The molecule has 4 nitrogen and oxygen atoms in total. The van der Waals surface area contributed by atoms with Crippen LogP contribution in [0.1, 0.15) is 53.9 Å². The number of carbonyl (C=O) groups excluding carboxylic acids is 1. The van der Waals surface area contributed by atoms with Crippen molar-refractivity contribution in [2.75, 3.05) is 20.2 Å². The van der Waals surface area contributed by atoms with Crippen molar-refractivity contribution in [2.24, 2.45) is 4.99 Å². The van der Waals surface area contributed by atoms with Crippen molar-refractivity contribution in [1.82, 2.24) is 4.90 Å². The van der Waals surface area contributed by atoms with Gasteiger partial charge in [-0.1, -0.05) is 39.8 Å². The Labute approximate surface area is 131 Å². The molecule has 0 saturated carbocycles. The maximum Gasteiger partial charge on any atom is 0.409 e. The minimum absolute atomic E-state index is 0.181. The Balaban J connectivity index is -0.000000260. The third-order valence-electron chi connectivity index (χ3n) is 2.28. The zero-order chi connectivity index (χ0) is 16.9. The number of likely N-dealkylation sites (tertiary alicyclic amines) is 1. The zero-order valence-electron chi connectivity index (χ0n) is 14.8. The molecule has 124 valence electrons. The molecule has 0 spiro atoms. The maximum absolute atomic E-state index is 10.9. The number of aliphatic imine (C=N–C) groups is 1. The van der Waals surface area contributed by atoms with Gasteiger partial charge < -0.3 is 9.64 Å². The molecule has 0 unspecified atom stereocenters. The van der Waals surface area contributed by atoms with E-state index in [1.54, 1.807) is 11.1 Å². The Bertz CT molecular complexity index is 268. The lowest BCUT2D eigenvalue weighted by Gasteiger charge is -2.24. The monoisotopic (exact) mass is 298 g/mol. The molecular formula is C17H34N2O2. The highest BCUT2D eigenvalue weighted by Gasteiger charge is 2.15. The molecule has 0 atom stereocenters. The molecule has 1 heterocycles. The van der Waals surface area contributed by atoms with Gasteiger partial charge in [-0.25, -0.2) is 4.79 Å². The average molecular weight is 298 g/mol. The van der Waals surface area contributed by atoms with E-state index in [9.17, 15) is 4.79 Å². The highest BCUT2D eigenvalue weighted by atomic mass is 16.5. The summed E-state index contributed by atoms with van der Waals surface area (Å²) >= 11 is 0. The van der Waals surface area contributed by atoms with E-state index in [2.05, 4.69) is 16.4 Å². The highest BCUT2D eigenvalue weighted by molar-refractivity contribution is 5.67. The second kappa shape index (κ2) is 23.5. The quantitative estimate of drug-likeness (QED) is 0.527. The number of rotatable bonds is 2.